The minimum Gasteiger partial charge on any atom is -0.494 e. The van der Waals surface area contributed by atoms with Gasteiger partial charge in [0.2, 0.25) is 10.0 Å². The van der Waals surface area contributed by atoms with E-state index in [4.69, 9.17) is 9.47 Å². The van der Waals surface area contributed by atoms with Crippen molar-refractivity contribution in [2.45, 2.75) is 58.0 Å². The Morgan fingerprint density at radius 3 is 2.24 bits per heavy atom. The number of amides is 2. The number of anilines is 1. The van der Waals surface area contributed by atoms with Gasteiger partial charge >= 0.3 is 0 Å². The molecule has 2 amide bonds. The molecule has 1 atom stereocenters. The van der Waals surface area contributed by atoms with Crippen LogP contribution < -0.4 is 24.5 Å². The molecule has 2 N–H and O–H groups in total. The fourth-order valence-electron chi connectivity index (χ4n) is 4.24. The van der Waals surface area contributed by atoms with E-state index in [-0.39, 0.29) is 18.6 Å². The van der Waals surface area contributed by atoms with Crippen LogP contribution in [0.1, 0.15) is 51.5 Å². The van der Waals surface area contributed by atoms with Crippen LogP contribution in [0.15, 0.2) is 53.6 Å². The lowest BCUT2D eigenvalue weighted by Gasteiger charge is -2.27. The molecule has 1 saturated carbocycles. The molecule has 1 unspecified atom stereocenters. The zero-order chi connectivity index (χ0) is 27.5. The third-order valence-corrected chi connectivity index (χ3v) is 7.34. The second-order valence-electron chi connectivity index (χ2n) is 9.16. The van der Waals surface area contributed by atoms with E-state index in [0.29, 0.717) is 29.4 Å². The van der Waals surface area contributed by atoms with Crippen LogP contribution in [0.2, 0.25) is 0 Å². The third-order valence-electron chi connectivity index (χ3n) is 6.10. The van der Waals surface area contributed by atoms with Crippen LogP contribution in [0, 0.1) is 0 Å². The second kappa shape index (κ2) is 13.8. The summed E-state index contributed by atoms with van der Waals surface area (Å²) in [6.45, 7) is 3.77. The van der Waals surface area contributed by atoms with Gasteiger partial charge in [0, 0.05) is 6.04 Å². The van der Waals surface area contributed by atoms with Crippen LogP contribution in [0.5, 0.6) is 11.5 Å². The molecule has 1 fully saturated rings. The summed E-state index contributed by atoms with van der Waals surface area (Å²) in [5.41, 5.74) is 3.42. The van der Waals surface area contributed by atoms with Crippen molar-refractivity contribution in [3.8, 4) is 11.5 Å². The maximum absolute atomic E-state index is 12.7. The molecule has 2 aromatic rings. The van der Waals surface area contributed by atoms with Crippen molar-refractivity contribution >= 4 is 33.7 Å². The van der Waals surface area contributed by atoms with Crippen LogP contribution >= 0.6 is 0 Å². The number of hydrogen-bond donors (Lipinski definition) is 2. The van der Waals surface area contributed by atoms with Crippen LogP contribution in [0.25, 0.3) is 0 Å². The van der Waals surface area contributed by atoms with Gasteiger partial charge in [0.05, 0.1) is 24.8 Å². The Morgan fingerprint density at radius 1 is 1.03 bits per heavy atom. The number of hydrazone groups is 1. The van der Waals surface area contributed by atoms with Gasteiger partial charge < -0.3 is 14.8 Å². The smallest absolute Gasteiger partial charge is 0.263 e. The summed E-state index contributed by atoms with van der Waals surface area (Å²) in [5, 5.41) is 6.97. The molecule has 0 radical (unpaired) electrons. The molecule has 206 valence electrons. The predicted molar refractivity (Wildman–Crippen MR) is 147 cm³/mol. The number of hydrogen-bond acceptors (Lipinski definition) is 7. The van der Waals surface area contributed by atoms with E-state index in [0.717, 1.165) is 36.2 Å². The molecule has 10 nitrogen and oxygen atoms in total. The topological polar surface area (TPSA) is 126 Å². The Labute approximate surface area is 224 Å². The van der Waals surface area contributed by atoms with Gasteiger partial charge in [-0.15, -0.1) is 0 Å². The highest BCUT2D eigenvalue weighted by molar-refractivity contribution is 7.92. The first kappa shape index (κ1) is 29.0. The fraction of sp³-hybridized carbons (Fsp3) is 0.444. The Bertz CT molecular complexity index is 1190. The summed E-state index contributed by atoms with van der Waals surface area (Å²) in [4.78, 5) is 24.8. The van der Waals surface area contributed by atoms with Crippen molar-refractivity contribution in [1.29, 1.82) is 0 Å². The highest BCUT2D eigenvalue weighted by Crippen LogP contribution is 2.24. The van der Waals surface area contributed by atoms with Gasteiger partial charge in [-0.3, -0.25) is 13.9 Å². The van der Waals surface area contributed by atoms with Crippen molar-refractivity contribution in [2.75, 3.05) is 23.8 Å². The maximum atomic E-state index is 12.7. The summed E-state index contributed by atoms with van der Waals surface area (Å²) in [6, 6.07) is 12.5. The van der Waals surface area contributed by atoms with Gasteiger partial charge in [-0.05, 0) is 80.8 Å². The Morgan fingerprint density at radius 2 is 1.63 bits per heavy atom. The summed E-state index contributed by atoms with van der Waals surface area (Å²) < 4.78 is 36.9. The highest BCUT2D eigenvalue weighted by atomic mass is 32.2. The summed E-state index contributed by atoms with van der Waals surface area (Å²) >= 11 is 0. The number of nitrogens with one attached hydrogen (secondary N) is 2. The molecule has 1 aliphatic carbocycles. The summed E-state index contributed by atoms with van der Waals surface area (Å²) in [5.74, 6) is 0.417. The normalized spacial score (nSPS) is 15.0. The van der Waals surface area contributed by atoms with Gasteiger partial charge in [0.1, 0.15) is 17.5 Å². The predicted octanol–water partition coefficient (Wildman–Crippen LogP) is 3.22. The lowest BCUT2D eigenvalue weighted by molar-refractivity contribution is -0.124. The van der Waals surface area contributed by atoms with Crippen LogP contribution in [-0.2, 0) is 19.6 Å². The Hall–Kier alpha value is -3.60. The zero-order valence-corrected chi connectivity index (χ0v) is 22.9. The van der Waals surface area contributed by atoms with E-state index in [1.54, 1.807) is 48.5 Å². The molecule has 1 aliphatic rings. The van der Waals surface area contributed by atoms with Crippen molar-refractivity contribution in [2.24, 2.45) is 5.10 Å². The molecule has 0 aliphatic heterocycles. The van der Waals surface area contributed by atoms with Crippen molar-refractivity contribution in [3.63, 3.8) is 0 Å². The molecular weight excluding hydrogens is 508 g/mol. The van der Waals surface area contributed by atoms with Gasteiger partial charge in [0.15, 0.2) is 6.61 Å². The Balaban J connectivity index is 1.52. The molecule has 3 rings (SSSR count). The van der Waals surface area contributed by atoms with E-state index in [1.807, 2.05) is 6.92 Å². The molecule has 0 aromatic heterocycles. The van der Waals surface area contributed by atoms with E-state index >= 15 is 0 Å². The first-order chi connectivity index (χ1) is 18.2. The van der Waals surface area contributed by atoms with Gasteiger partial charge in [-0.2, -0.15) is 5.10 Å². The second-order valence-corrected chi connectivity index (χ2v) is 11.0. The molecule has 38 heavy (non-hydrogen) atoms. The number of rotatable bonds is 12. The molecule has 2 aromatic carbocycles. The lowest BCUT2D eigenvalue weighted by Crippen LogP contribution is -2.46. The SMILES string of the molecule is CCOc1ccc(N(C(C)C(=O)N/N=C/c2ccc(OCC(=O)NC3CCCCC3)cc2)S(C)(=O)=O)cc1. The number of nitrogens with zero attached hydrogens (tertiary/aromatic N) is 2. The quantitative estimate of drug-likeness (QED) is 0.312. The van der Waals surface area contributed by atoms with E-state index < -0.39 is 22.0 Å². The average Bonchev–Trinajstić information content (AvgIpc) is 2.89. The Kier molecular flexibility index (Phi) is 10.5. The van der Waals surface area contributed by atoms with Crippen molar-refractivity contribution in [3.05, 3.63) is 54.1 Å². The molecule has 0 saturated heterocycles. The first-order valence-electron chi connectivity index (χ1n) is 12.7. The van der Waals surface area contributed by atoms with E-state index in [2.05, 4.69) is 15.8 Å². The number of ether oxygens (including phenoxy) is 2. The summed E-state index contributed by atoms with van der Waals surface area (Å²) in [7, 11) is -3.75. The van der Waals surface area contributed by atoms with Crippen LogP contribution in [-0.4, -0.2) is 58.0 Å². The van der Waals surface area contributed by atoms with Crippen molar-refractivity contribution in [1.82, 2.24) is 10.7 Å². The summed E-state index contributed by atoms with van der Waals surface area (Å²) in [6.07, 6.45) is 8.03. The minimum absolute atomic E-state index is 0.0525. The third kappa shape index (κ3) is 8.76. The number of sulfonamides is 1. The molecule has 0 heterocycles. The molecule has 11 heteroatoms. The standard InChI is InChI=1S/C27H36N4O6S/c1-4-36-24-16-12-23(13-17-24)31(38(3,34)35)20(2)27(33)30-28-18-21-10-14-25(15-11-21)37-19-26(32)29-22-8-6-5-7-9-22/h10-18,20,22H,4-9,19H2,1-3H3,(H,29,32)(H,30,33)/b28-18+. The molecule has 0 spiro atoms. The first-order valence-corrected chi connectivity index (χ1v) is 14.6. The number of carbonyl (C=O) groups excluding carboxylic acids is 2. The van der Waals surface area contributed by atoms with Gasteiger partial charge in [-0.25, -0.2) is 13.8 Å². The largest absolute Gasteiger partial charge is 0.494 e. The van der Waals surface area contributed by atoms with E-state index in [9.17, 15) is 18.0 Å². The molecule has 0 bridgehead atoms. The maximum Gasteiger partial charge on any atom is 0.263 e. The van der Waals surface area contributed by atoms with E-state index in [1.165, 1.54) is 19.6 Å². The van der Waals surface area contributed by atoms with Gasteiger partial charge in [0.25, 0.3) is 11.8 Å². The molecular formula is C27H36N4O6S. The van der Waals surface area contributed by atoms with Crippen LogP contribution in [0.4, 0.5) is 5.69 Å². The van der Waals surface area contributed by atoms with Crippen LogP contribution in [0.3, 0.4) is 0 Å². The van der Waals surface area contributed by atoms with Gasteiger partial charge in [-0.1, -0.05) is 19.3 Å². The average molecular weight is 545 g/mol. The lowest BCUT2D eigenvalue weighted by atomic mass is 9.95. The monoisotopic (exact) mass is 544 g/mol. The minimum atomic E-state index is -3.75. The highest BCUT2D eigenvalue weighted by Gasteiger charge is 2.29. The number of benzene rings is 2. The fourth-order valence-corrected chi connectivity index (χ4v) is 5.42. The zero-order valence-electron chi connectivity index (χ0n) is 22.1. The number of carbonyl (C=O) groups is 2. The van der Waals surface area contributed by atoms with Crippen molar-refractivity contribution < 1.29 is 27.5 Å².